The van der Waals surface area contributed by atoms with Crippen LogP contribution in [0.5, 0.6) is 0 Å². The van der Waals surface area contributed by atoms with Crippen molar-refractivity contribution in [1.82, 2.24) is 4.90 Å². The predicted octanol–water partition coefficient (Wildman–Crippen LogP) is 3.51. The van der Waals surface area contributed by atoms with Gasteiger partial charge >= 0.3 is 5.97 Å². The second-order valence-corrected chi connectivity index (χ2v) is 7.13. The molecule has 2 aromatic rings. The zero-order valence-electron chi connectivity index (χ0n) is 14.1. The highest BCUT2D eigenvalue weighted by Crippen LogP contribution is 2.19. The number of benzene rings is 2. The molecule has 4 nitrogen and oxygen atoms in total. The summed E-state index contributed by atoms with van der Waals surface area (Å²) >= 11 is 3.36. The number of nitrogens with zero attached hydrogens (tertiary/aromatic N) is 1. The molecule has 0 radical (unpaired) electrons. The molecule has 3 rings (SSSR count). The van der Waals surface area contributed by atoms with Gasteiger partial charge in [0.05, 0.1) is 6.42 Å². The van der Waals surface area contributed by atoms with Crippen molar-refractivity contribution in [3.8, 4) is 0 Å². The number of hydrogen-bond acceptors (Lipinski definition) is 3. The minimum absolute atomic E-state index is 0.140. The summed E-state index contributed by atoms with van der Waals surface area (Å²) in [7, 11) is 0. The van der Waals surface area contributed by atoms with Crippen LogP contribution in [0.4, 0.5) is 0 Å². The molecule has 1 aliphatic rings. The molecule has 130 valence electrons. The zero-order valence-corrected chi connectivity index (χ0v) is 15.7. The van der Waals surface area contributed by atoms with Gasteiger partial charge in [0.1, 0.15) is 0 Å². The molecule has 0 spiro atoms. The maximum Gasteiger partial charge on any atom is 0.311 e. The van der Waals surface area contributed by atoms with E-state index in [4.69, 9.17) is 4.74 Å². The van der Waals surface area contributed by atoms with E-state index in [1.807, 2.05) is 42.5 Å². The van der Waals surface area contributed by atoms with Crippen molar-refractivity contribution < 1.29 is 14.3 Å². The van der Waals surface area contributed by atoms with E-state index in [0.717, 1.165) is 22.0 Å². The predicted molar refractivity (Wildman–Crippen MR) is 99.0 cm³/mol. The molecular weight excluding hydrogens is 382 g/mol. The summed E-state index contributed by atoms with van der Waals surface area (Å²) in [5.41, 5.74) is 3.31. The van der Waals surface area contributed by atoms with E-state index in [2.05, 4.69) is 22.0 Å². The molecule has 0 saturated carbocycles. The van der Waals surface area contributed by atoms with Gasteiger partial charge in [-0.05, 0) is 42.2 Å². The average molecular weight is 402 g/mol. The van der Waals surface area contributed by atoms with Crippen LogP contribution in [0, 0.1) is 0 Å². The lowest BCUT2D eigenvalue weighted by molar-refractivity contribution is -0.159. The van der Waals surface area contributed by atoms with Gasteiger partial charge in [0, 0.05) is 17.6 Å². The first-order chi connectivity index (χ1) is 12.0. The summed E-state index contributed by atoms with van der Waals surface area (Å²) in [4.78, 5) is 26.4. The number of carbonyl (C=O) groups is 2. The molecule has 25 heavy (non-hydrogen) atoms. The molecule has 2 aromatic carbocycles. The van der Waals surface area contributed by atoms with E-state index >= 15 is 0 Å². The number of amides is 1. The number of rotatable bonds is 4. The summed E-state index contributed by atoms with van der Waals surface area (Å²) in [5.74, 6) is -0.528. The fourth-order valence-corrected chi connectivity index (χ4v) is 3.26. The number of esters is 1. The Bertz CT molecular complexity index is 773. The van der Waals surface area contributed by atoms with Crippen molar-refractivity contribution in [2.75, 3.05) is 6.54 Å². The van der Waals surface area contributed by atoms with Gasteiger partial charge in [-0.1, -0.05) is 52.3 Å². The average Bonchev–Trinajstić information content (AvgIpc) is 2.62. The minimum atomic E-state index is -0.770. The quantitative estimate of drug-likeness (QED) is 0.736. The van der Waals surface area contributed by atoms with Crippen LogP contribution in [0.1, 0.15) is 23.6 Å². The van der Waals surface area contributed by atoms with Gasteiger partial charge in [-0.15, -0.1) is 0 Å². The van der Waals surface area contributed by atoms with E-state index < -0.39 is 6.10 Å². The standard InChI is InChI=1S/C20H20BrNO3/c1-14(25-19(23)12-15-6-8-18(21)9-7-15)20(24)22-11-10-16-4-2-3-5-17(16)13-22/h2-9,14H,10-13H2,1H3. The Labute approximate surface area is 155 Å². The maximum absolute atomic E-state index is 12.6. The molecule has 0 saturated heterocycles. The Kier molecular flexibility index (Phi) is 5.53. The van der Waals surface area contributed by atoms with Crippen LogP contribution in [-0.2, 0) is 33.7 Å². The molecule has 1 heterocycles. The summed E-state index contributed by atoms with van der Waals surface area (Å²) in [6.07, 6.45) is 0.225. The molecule has 0 N–H and O–H groups in total. The largest absolute Gasteiger partial charge is 0.452 e. The molecule has 0 aliphatic carbocycles. The van der Waals surface area contributed by atoms with Gasteiger partial charge in [-0.2, -0.15) is 0 Å². The van der Waals surface area contributed by atoms with Gasteiger partial charge < -0.3 is 9.64 Å². The monoisotopic (exact) mass is 401 g/mol. The summed E-state index contributed by atoms with van der Waals surface area (Å²) in [6.45, 7) is 2.87. The minimum Gasteiger partial charge on any atom is -0.452 e. The van der Waals surface area contributed by atoms with Crippen molar-refractivity contribution in [2.24, 2.45) is 0 Å². The van der Waals surface area contributed by atoms with Crippen LogP contribution in [-0.4, -0.2) is 29.4 Å². The van der Waals surface area contributed by atoms with E-state index in [0.29, 0.717) is 13.1 Å². The smallest absolute Gasteiger partial charge is 0.311 e. The van der Waals surface area contributed by atoms with Gasteiger partial charge in [0.15, 0.2) is 6.10 Å². The second-order valence-electron chi connectivity index (χ2n) is 6.21. The second kappa shape index (κ2) is 7.83. The Morgan fingerprint density at radius 3 is 2.52 bits per heavy atom. The molecule has 1 unspecified atom stereocenters. The fourth-order valence-electron chi connectivity index (χ4n) is 3.00. The third kappa shape index (κ3) is 4.48. The normalized spacial score (nSPS) is 14.6. The first kappa shape index (κ1) is 17.7. The van der Waals surface area contributed by atoms with Crippen molar-refractivity contribution in [3.05, 3.63) is 69.7 Å². The summed E-state index contributed by atoms with van der Waals surface area (Å²) in [6, 6.07) is 15.6. The van der Waals surface area contributed by atoms with Crippen LogP contribution < -0.4 is 0 Å². The van der Waals surface area contributed by atoms with Gasteiger partial charge in [-0.3, -0.25) is 9.59 Å². The maximum atomic E-state index is 12.6. The van der Waals surface area contributed by atoms with E-state index in [1.54, 1.807) is 11.8 Å². The first-order valence-corrected chi connectivity index (χ1v) is 9.12. The van der Waals surface area contributed by atoms with Crippen LogP contribution in [0.25, 0.3) is 0 Å². The van der Waals surface area contributed by atoms with Crippen LogP contribution in [0.15, 0.2) is 53.0 Å². The van der Waals surface area contributed by atoms with E-state index in [-0.39, 0.29) is 18.3 Å². The molecule has 1 amide bonds. The Hall–Kier alpha value is -2.14. The van der Waals surface area contributed by atoms with Crippen molar-refractivity contribution in [2.45, 2.75) is 32.4 Å². The number of halogens is 1. The molecule has 5 heteroatoms. The highest BCUT2D eigenvalue weighted by atomic mass is 79.9. The van der Waals surface area contributed by atoms with Gasteiger partial charge in [0.2, 0.25) is 0 Å². The summed E-state index contributed by atoms with van der Waals surface area (Å²) in [5, 5.41) is 0. The first-order valence-electron chi connectivity index (χ1n) is 8.32. The third-order valence-electron chi connectivity index (χ3n) is 4.36. The number of ether oxygens (including phenoxy) is 1. The van der Waals surface area contributed by atoms with Gasteiger partial charge in [-0.25, -0.2) is 0 Å². The highest BCUT2D eigenvalue weighted by molar-refractivity contribution is 9.10. The van der Waals surface area contributed by atoms with Gasteiger partial charge in [0.25, 0.3) is 5.91 Å². The summed E-state index contributed by atoms with van der Waals surface area (Å²) < 4.78 is 6.30. The lowest BCUT2D eigenvalue weighted by atomic mass is 9.99. The molecule has 0 bridgehead atoms. The molecule has 0 aromatic heterocycles. The van der Waals surface area contributed by atoms with Crippen LogP contribution >= 0.6 is 15.9 Å². The van der Waals surface area contributed by atoms with Crippen molar-refractivity contribution in [3.63, 3.8) is 0 Å². The fraction of sp³-hybridized carbons (Fsp3) is 0.300. The molecule has 0 fully saturated rings. The number of carbonyl (C=O) groups excluding carboxylic acids is 2. The third-order valence-corrected chi connectivity index (χ3v) is 4.89. The van der Waals surface area contributed by atoms with E-state index in [9.17, 15) is 9.59 Å². The molecule has 1 aliphatic heterocycles. The lowest BCUT2D eigenvalue weighted by Crippen LogP contribution is -2.42. The van der Waals surface area contributed by atoms with E-state index in [1.165, 1.54) is 5.56 Å². The Morgan fingerprint density at radius 2 is 1.80 bits per heavy atom. The Balaban J connectivity index is 1.56. The van der Waals surface area contributed by atoms with Crippen molar-refractivity contribution >= 4 is 27.8 Å². The molecule has 1 atom stereocenters. The van der Waals surface area contributed by atoms with Crippen LogP contribution in [0.3, 0.4) is 0 Å². The molecular formula is C20H20BrNO3. The Morgan fingerprint density at radius 1 is 1.12 bits per heavy atom. The lowest BCUT2D eigenvalue weighted by Gasteiger charge is -2.30. The SMILES string of the molecule is CC(OC(=O)Cc1ccc(Br)cc1)C(=O)N1CCc2ccccc2C1. The zero-order chi connectivity index (χ0) is 17.8. The highest BCUT2D eigenvalue weighted by Gasteiger charge is 2.26. The van der Waals surface area contributed by atoms with Crippen molar-refractivity contribution in [1.29, 1.82) is 0 Å². The topological polar surface area (TPSA) is 46.6 Å². The number of hydrogen-bond donors (Lipinski definition) is 0. The van der Waals surface area contributed by atoms with Crippen LogP contribution in [0.2, 0.25) is 0 Å². The number of fused-ring (bicyclic) bond motifs is 1.